The predicted molar refractivity (Wildman–Crippen MR) is 164 cm³/mol. The van der Waals surface area contributed by atoms with Crippen LogP contribution in [0, 0.1) is 0 Å². The van der Waals surface area contributed by atoms with Gasteiger partial charge in [-0.2, -0.15) is 11.8 Å². The van der Waals surface area contributed by atoms with Crippen LogP contribution in [-0.2, 0) is 45.2 Å². The van der Waals surface area contributed by atoms with E-state index in [0.29, 0.717) is 43.5 Å². The summed E-state index contributed by atoms with van der Waals surface area (Å²) in [5.74, 6) is 0.619. The highest BCUT2D eigenvalue weighted by Crippen LogP contribution is 2.33. The van der Waals surface area contributed by atoms with E-state index >= 15 is 0 Å². The van der Waals surface area contributed by atoms with Gasteiger partial charge in [0.05, 0.1) is 24.7 Å². The van der Waals surface area contributed by atoms with Crippen LogP contribution in [0.5, 0.6) is 0 Å². The van der Waals surface area contributed by atoms with Crippen LogP contribution in [-0.4, -0.2) is 117 Å². The van der Waals surface area contributed by atoms with E-state index in [-0.39, 0.29) is 55.5 Å². The summed E-state index contributed by atoms with van der Waals surface area (Å²) in [6.07, 6.45) is 5.04. The van der Waals surface area contributed by atoms with Crippen molar-refractivity contribution in [3.63, 3.8) is 0 Å². The van der Waals surface area contributed by atoms with Gasteiger partial charge in [0, 0.05) is 50.1 Å². The van der Waals surface area contributed by atoms with Crippen molar-refractivity contribution in [1.82, 2.24) is 40.3 Å². The fraction of sp³-hybridized carbons (Fsp3) is 0.600. The maximum atomic E-state index is 12.9. The quantitative estimate of drug-likeness (QED) is 0.189. The topological polar surface area (TPSA) is 142 Å². The number of carbonyl (C=O) groups excluding carboxylic acids is 4. The van der Waals surface area contributed by atoms with Crippen molar-refractivity contribution in [2.45, 2.75) is 69.1 Å². The lowest BCUT2D eigenvalue weighted by molar-refractivity contribution is -0.144. The van der Waals surface area contributed by atoms with Gasteiger partial charge >= 0.3 is 12.0 Å². The summed E-state index contributed by atoms with van der Waals surface area (Å²) < 4.78 is 6.81. The summed E-state index contributed by atoms with van der Waals surface area (Å²) in [4.78, 5) is 55.1. The molecule has 1 aromatic carbocycles. The largest absolute Gasteiger partial charge is 0.459 e. The number of carbonyl (C=O) groups is 4. The fourth-order valence-corrected chi connectivity index (χ4v) is 7.39. The Kier molecular flexibility index (Phi) is 10.7. The Morgan fingerprint density at radius 1 is 1.00 bits per heavy atom. The molecule has 3 aliphatic heterocycles. The molecule has 3 atom stereocenters. The predicted octanol–water partition coefficient (Wildman–Crippen LogP) is 1.02. The molecule has 0 bridgehead atoms. The molecule has 3 saturated heterocycles. The van der Waals surface area contributed by atoms with Crippen LogP contribution in [0.1, 0.15) is 42.5 Å². The molecule has 0 radical (unpaired) electrons. The number of hydrogen-bond donors (Lipinski definition) is 2. The molecule has 4 amide bonds. The van der Waals surface area contributed by atoms with Gasteiger partial charge < -0.3 is 30.1 Å². The first-order valence-corrected chi connectivity index (χ1v) is 16.3. The van der Waals surface area contributed by atoms with E-state index in [1.807, 2.05) is 55.0 Å². The van der Waals surface area contributed by atoms with Crippen LogP contribution < -0.4 is 10.6 Å². The van der Waals surface area contributed by atoms with Gasteiger partial charge in [0.25, 0.3) is 0 Å². The lowest BCUT2D eigenvalue weighted by Gasteiger charge is -2.34. The van der Waals surface area contributed by atoms with E-state index < -0.39 is 0 Å². The molecule has 4 heterocycles. The normalized spacial score (nSPS) is 21.2. The molecule has 2 aromatic rings. The minimum atomic E-state index is -0.356. The first-order chi connectivity index (χ1) is 21.2. The molecule has 3 unspecified atom stereocenters. The Bertz CT molecular complexity index is 1310. The first-order valence-electron chi connectivity index (χ1n) is 15.2. The number of nitrogens with zero attached hydrogens (tertiary/aromatic N) is 6. The molecule has 13 nitrogen and oxygen atoms in total. The molecule has 44 heavy (non-hydrogen) atoms. The second kappa shape index (κ2) is 14.9. The molecular weight excluding hydrogens is 584 g/mol. The van der Waals surface area contributed by atoms with Crippen molar-refractivity contribution >= 4 is 35.6 Å². The summed E-state index contributed by atoms with van der Waals surface area (Å²) in [5, 5.41) is 14.4. The Hall–Kier alpha value is -3.65. The third-order valence-corrected chi connectivity index (χ3v) is 9.70. The van der Waals surface area contributed by atoms with Gasteiger partial charge in [0.1, 0.15) is 18.8 Å². The van der Waals surface area contributed by atoms with E-state index in [9.17, 15) is 19.2 Å². The number of ether oxygens (including phenoxy) is 1. The van der Waals surface area contributed by atoms with Gasteiger partial charge in [-0.3, -0.25) is 14.4 Å². The molecule has 0 aliphatic carbocycles. The van der Waals surface area contributed by atoms with Gasteiger partial charge in [-0.15, -0.1) is 5.10 Å². The van der Waals surface area contributed by atoms with Crippen LogP contribution in [0.3, 0.4) is 0 Å². The highest BCUT2D eigenvalue weighted by molar-refractivity contribution is 8.00. The highest BCUT2D eigenvalue weighted by Gasteiger charge is 2.42. The Balaban J connectivity index is 0.954. The number of thioether (sulfide) groups is 1. The molecule has 0 saturated carbocycles. The van der Waals surface area contributed by atoms with Gasteiger partial charge in [-0.1, -0.05) is 35.9 Å². The van der Waals surface area contributed by atoms with Gasteiger partial charge in [0.2, 0.25) is 11.8 Å². The lowest BCUT2D eigenvalue weighted by Crippen LogP contribution is -2.51. The van der Waals surface area contributed by atoms with Gasteiger partial charge in [-0.25, -0.2) is 9.48 Å². The molecule has 3 aliphatic rings. The number of aromatic nitrogens is 3. The third kappa shape index (κ3) is 8.72. The number of urea groups is 1. The van der Waals surface area contributed by atoms with E-state index in [1.165, 1.54) is 10.2 Å². The molecule has 5 rings (SSSR count). The zero-order valence-corrected chi connectivity index (χ0v) is 26.3. The van der Waals surface area contributed by atoms with Crippen LogP contribution in [0.25, 0.3) is 0 Å². The van der Waals surface area contributed by atoms with Crippen molar-refractivity contribution in [2.24, 2.45) is 0 Å². The highest BCUT2D eigenvalue weighted by atomic mass is 32.2. The van der Waals surface area contributed by atoms with Crippen LogP contribution >= 0.6 is 11.8 Å². The SMILES string of the molecule is CN(C)Cc1ccc(CC(=O)OCc2cn(CC(=O)N3CCN(C(=O)CCCCC4SCC5NC(=O)NC54)CC3)nn2)cc1. The van der Waals surface area contributed by atoms with Crippen LogP contribution in [0.4, 0.5) is 4.79 Å². The van der Waals surface area contributed by atoms with E-state index in [4.69, 9.17) is 4.74 Å². The minimum Gasteiger partial charge on any atom is -0.459 e. The number of hydrogen-bond acceptors (Lipinski definition) is 9. The molecule has 1 aromatic heterocycles. The average molecular weight is 627 g/mol. The van der Waals surface area contributed by atoms with Crippen molar-refractivity contribution < 1.29 is 23.9 Å². The van der Waals surface area contributed by atoms with E-state index in [0.717, 1.165) is 37.1 Å². The Morgan fingerprint density at radius 3 is 2.43 bits per heavy atom. The second-order valence-electron chi connectivity index (χ2n) is 11.9. The number of amides is 4. The number of nitrogens with one attached hydrogen (secondary N) is 2. The standard InChI is InChI=1S/C30H42N8O5S/c1-35(2)16-22-9-7-21(8-10-22)15-28(41)43-19-23-17-38(34-33-23)18-27(40)37-13-11-36(12-14-37)26(39)6-4-3-5-25-29-24(20-44-25)31-30(42)32-29/h7-10,17,24-25,29H,3-6,11-16,18-20H2,1-2H3,(H2,31,32,42). The summed E-state index contributed by atoms with van der Waals surface area (Å²) in [5.41, 5.74) is 2.52. The maximum Gasteiger partial charge on any atom is 0.315 e. The van der Waals surface area contributed by atoms with Crippen molar-refractivity contribution in [2.75, 3.05) is 46.0 Å². The van der Waals surface area contributed by atoms with E-state index in [2.05, 4.69) is 25.8 Å². The monoisotopic (exact) mass is 626 g/mol. The summed E-state index contributed by atoms with van der Waals surface area (Å²) in [6.45, 7) is 2.85. The lowest BCUT2D eigenvalue weighted by atomic mass is 10.0. The summed E-state index contributed by atoms with van der Waals surface area (Å²) in [6, 6.07) is 8.22. The number of rotatable bonds is 13. The van der Waals surface area contributed by atoms with Gasteiger partial charge in [0.15, 0.2) is 0 Å². The second-order valence-corrected chi connectivity index (χ2v) is 13.2. The number of fused-ring (bicyclic) bond motifs is 1. The molecule has 14 heteroatoms. The third-order valence-electron chi connectivity index (χ3n) is 8.19. The van der Waals surface area contributed by atoms with Crippen molar-refractivity contribution in [1.29, 1.82) is 0 Å². The average Bonchev–Trinajstić information content (AvgIpc) is 3.71. The van der Waals surface area contributed by atoms with Crippen molar-refractivity contribution in [3.05, 3.63) is 47.3 Å². The number of piperazine rings is 1. The molecule has 3 fully saturated rings. The van der Waals surface area contributed by atoms with E-state index in [1.54, 1.807) is 11.1 Å². The Morgan fingerprint density at radius 2 is 1.70 bits per heavy atom. The maximum absolute atomic E-state index is 12.9. The van der Waals surface area contributed by atoms with Crippen LogP contribution in [0.15, 0.2) is 30.5 Å². The van der Waals surface area contributed by atoms with Crippen LogP contribution in [0.2, 0.25) is 0 Å². The number of benzene rings is 1. The molecule has 238 valence electrons. The number of unbranched alkanes of at least 4 members (excludes halogenated alkanes) is 1. The minimum absolute atomic E-state index is 0.0130. The molecular formula is C30H42N8O5S. The Labute approximate surface area is 262 Å². The molecule has 0 spiro atoms. The zero-order valence-electron chi connectivity index (χ0n) is 25.4. The smallest absolute Gasteiger partial charge is 0.315 e. The van der Waals surface area contributed by atoms with Gasteiger partial charge in [-0.05, 0) is 38.1 Å². The summed E-state index contributed by atoms with van der Waals surface area (Å²) in [7, 11) is 4.02. The number of esters is 1. The zero-order chi connectivity index (χ0) is 31.1. The first kappa shape index (κ1) is 31.8. The fourth-order valence-electron chi connectivity index (χ4n) is 5.85. The summed E-state index contributed by atoms with van der Waals surface area (Å²) >= 11 is 1.89. The molecule has 2 N–H and O–H groups in total. The van der Waals surface area contributed by atoms with Crippen molar-refractivity contribution in [3.8, 4) is 0 Å².